The summed E-state index contributed by atoms with van der Waals surface area (Å²) in [6.45, 7) is 3.93. The van der Waals surface area contributed by atoms with E-state index < -0.39 is 0 Å². The molecule has 0 atom stereocenters. The zero-order chi connectivity index (χ0) is 14.1. The van der Waals surface area contributed by atoms with Crippen molar-refractivity contribution in [1.29, 1.82) is 0 Å². The van der Waals surface area contributed by atoms with E-state index in [1.165, 1.54) is 0 Å². The quantitative estimate of drug-likeness (QED) is 0.544. The number of likely N-dealkylation sites (N-methyl/N-ethyl adjacent to an activating group) is 1. The van der Waals surface area contributed by atoms with Gasteiger partial charge in [0.15, 0.2) is 0 Å². The fourth-order valence-corrected chi connectivity index (χ4v) is 1.70. The van der Waals surface area contributed by atoms with Crippen LogP contribution in [-0.4, -0.2) is 50.1 Å². The molecule has 0 aliphatic rings. The van der Waals surface area contributed by atoms with Crippen LogP contribution in [0.15, 0.2) is 24.3 Å². The van der Waals surface area contributed by atoms with Crippen molar-refractivity contribution in [2.75, 3.05) is 39.3 Å². The zero-order valence-corrected chi connectivity index (χ0v) is 12.2. The van der Waals surface area contributed by atoms with Gasteiger partial charge in [0, 0.05) is 19.5 Å². The molecule has 0 fully saturated rings. The Morgan fingerprint density at radius 2 is 2.05 bits per heavy atom. The van der Waals surface area contributed by atoms with Gasteiger partial charge in [0.05, 0.1) is 25.4 Å². The zero-order valence-electron chi connectivity index (χ0n) is 11.4. The number of hydrogen-bond acceptors (Lipinski definition) is 3. The first kappa shape index (κ1) is 15.8. The lowest BCUT2D eigenvalue weighted by Crippen LogP contribution is -2.30. The van der Waals surface area contributed by atoms with Gasteiger partial charge >= 0.3 is 0 Å². The summed E-state index contributed by atoms with van der Waals surface area (Å²) in [5.74, 6) is 1.01. The standard InChI is InChI=1S/C14H20ClNO3/c1-3-19-13-7-5-4-6-12(13)14(17)16(2)9-11-18-10-8-15/h4-7H,3,8-11H2,1-2H3. The number of carbonyl (C=O) groups is 1. The first-order valence-electron chi connectivity index (χ1n) is 6.31. The molecule has 19 heavy (non-hydrogen) atoms. The van der Waals surface area contributed by atoms with Gasteiger partial charge < -0.3 is 14.4 Å². The van der Waals surface area contributed by atoms with Crippen LogP contribution in [0.5, 0.6) is 5.75 Å². The molecule has 0 N–H and O–H groups in total. The molecule has 0 aliphatic heterocycles. The Kier molecular flexibility index (Phi) is 7.30. The number of amides is 1. The number of para-hydroxylation sites is 1. The van der Waals surface area contributed by atoms with Crippen LogP contribution in [0.1, 0.15) is 17.3 Å². The number of benzene rings is 1. The molecule has 0 heterocycles. The predicted octanol–water partition coefficient (Wildman–Crippen LogP) is 2.41. The van der Waals surface area contributed by atoms with Gasteiger partial charge in [-0.15, -0.1) is 11.6 Å². The molecule has 1 aromatic rings. The number of hydrogen-bond donors (Lipinski definition) is 0. The fourth-order valence-electron chi connectivity index (χ4n) is 1.59. The van der Waals surface area contributed by atoms with E-state index in [-0.39, 0.29) is 5.91 Å². The molecule has 0 unspecified atom stereocenters. The maximum Gasteiger partial charge on any atom is 0.257 e. The summed E-state index contributed by atoms with van der Waals surface area (Å²) in [7, 11) is 1.75. The average molecular weight is 286 g/mol. The Bertz CT molecular complexity index is 398. The van der Waals surface area contributed by atoms with Crippen LogP contribution in [0.3, 0.4) is 0 Å². The third kappa shape index (κ3) is 5.09. The van der Waals surface area contributed by atoms with E-state index in [1.807, 2.05) is 19.1 Å². The second-order valence-corrected chi connectivity index (χ2v) is 4.34. The molecule has 0 aliphatic carbocycles. The van der Waals surface area contributed by atoms with Crippen molar-refractivity contribution in [3.05, 3.63) is 29.8 Å². The Hall–Kier alpha value is -1.26. The van der Waals surface area contributed by atoms with Crippen LogP contribution in [-0.2, 0) is 4.74 Å². The van der Waals surface area contributed by atoms with Crippen LogP contribution in [0.25, 0.3) is 0 Å². The van der Waals surface area contributed by atoms with Gasteiger partial charge in [-0.1, -0.05) is 12.1 Å². The first-order chi connectivity index (χ1) is 9.20. The third-order valence-electron chi connectivity index (χ3n) is 2.56. The van der Waals surface area contributed by atoms with Gasteiger partial charge in [-0.05, 0) is 19.1 Å². The normalized spacial score (nSPS) is 10.3. The molecule has 1 aromatic carbocycles. The summed E-state index contributed by atoms with van der Waals surface area (Å²) in [4.78, 5) is 13.9. The Morgan fingerprint density at radius 1 is 1.32 bits per heavy atom. The van der Waals surface area contributed by atoms with Crippen LogP contribution >= 0.6 is 11.6 Å². The maximum absolute atomic E-state index is 12.3. The molecule has 0 spiro atoms. The molecule has 1 amide bonds. The minimum Gasteiger partial charge on any atom is -0.493 e. The van der Waals surface area contributed by atoms with Crippen LogP contribution in [0.2, 0.25) is 0 Å². The number of rotatable bonds is 8. The molecular formula is C14H20ClNO3. The van der Waals surface area contributed by atoms with Gasteiger partial charge in [0.25, 0.3) is 5.91 Å². The van der Waals surface area contributed by atoms with E-state index >= 15 is 0 Å². The second kappa shape index (κ2) is 8.77. The third-order valence-corrected chi connectivity index (χ3v) is 2.71. The molecule has 4 nitrogen and oxygen atoms in total. The van der Waals surface area contributed by atoms with E-state index in [4.69, 9.17) is 21.1 Å². The van der Waals surface area contributed by atoms with Gasteiger partial charge in [0.2, 0.25) is 0 Å². The number of nitrogens with zero attached hydrogens (tertiary/aromatic N) is 1. The number of halogens is 1. The largest absolute Gasteiger partial charge is 0.493 e. The van der Waals surface area contributed by atoms with Crippen LogP contribution in [0, 0.1) is 0 Å². The first-order valence-corrected chi connectivity index (χ1v) is 6.85. The maximum atomic E-state index is 12.3. The highest BCUT2D eigenvalue weighted by Gasteiger charge is 2.15. The second-order valence-electron chi connectivity index (χ2n) is 3.96. The van der Waals surface area contributed by atoms with E-state index in [1.54, 1.807) is 24.1 Å². The van der Waals surface area contributed by atoms with Gasteiger partial charge in [-0.3, -0.25) is 4.79 Å². The van der Waals surface area contributed by atoms with Crippen LogP contribution in [0.4, 0.5) is 0 Å². The van der Waals surface area contributed by atoms with Crippen molar-refractivity contribution >= 4 is 17.5 Å². The number of alkyl halides is 1. The van der Waals surface area contributed by atoms with E-state index in [9.17, 15) is 4.79 Å². The highest BCUT2D eigenvalue weighted by Crippen LogP contribution is 2.19. The molecule has 1 rings (SSSR count). The van der Waals surface area contributed by atoms with Gasteiger partial charge in [-0.2, -0.15) is 0 Å². The summed E-state index contributed by atoms with van der Waals surface area (Å²) in [5.41, 5.74) is 0.573. The lowest BCUT2D eigenvalue weighted by Gasteiger charge is -2.18. The van der Waals surface area contributed by atoms with Crippen molar-refractivity contribution in [2.24, 2.45) is 0 Å². The molecule has 106 valence electrons. The SMILES string of the molecule is CCOc1ccccc1C(=O)N(C)CCOCCCl. The molecule has 0 aromatic heterocycles. The Morgan fingerprint density at radius 3 is 2.74 bits per heavy atom. The summed E-state index contributed by atoms with van der Waals surface area (Å²) >= 11 is 5.51. The van der Waals surface area contributed by atoms with Gasteiger partial charge in [0.1, 0.15) is 5.75 Å². The summed E-state index contributed by atoms with van der Waals surface area (Å²) in [5, 5.41) is 0. The van der Waals surface area contributed by atoms with Crippen molar-refractivity contribution in [3.63, 3.8) is 0 Å². The molecule has 5 heteroatoms. The molecule has 0 bridgehead atoms. The van der Waals surface area contributed by atoms with Crippen molar-refractivity contribution in [3.8, 4) is 5.75 Å². The molecular weight excluding hydrogens is 266 g/mol. The van der Waals surface area contributed by atoms with Crippen molar-refractivity contribution < 1.29 is 14.3 Å². The highest BCUT2D eigenvalue weighted by molar-refractivity contribution is 6.17. The monoisotopic (exact) mass is 285 g/mol. The summed E-state index contributed by atoms with van der Waals surface area (Å²) in [6, 6.07) is 7.25. The summed E-state index contributed by atoms with van der Waals surface area (Å²) < 4.78 is 10.7. The van der Waals surface area contributed by atoms with E-state index in [0.717, 1.165) is 0 Å². The van der Waals surface area contributed by atoms with E-state index in [0.29, 0.717) is 43.6 Å². The molecule has 0 saturated heterocycles. The minimum absolute atomic E-state index is 0.0708. The lowest BCUT2D eigenvalue weighted by atomic mass is 10.2. The van der Waals surface area contributed by atoms with Gasteiger partial charge in [-0.25, -0.2) is 0 Å². The summed E-state index contributed by atoms with van der Waals surface area (Å²) in [6.07, 6.45) is 0. The lowest BCUT2D eigenvalue weighted by molar-refractivity contribution is 0.0708. The molecule has 0 saturated carbocycles. The smallest absolute Gasteiger partial charge is 0.257 e. The number of carbonyl (C=O) groups excluding carboxylic acids is 1. The molecule has 0 radical (unpaired) electrons. The Labute approximate surface area is 119 Å². The Balaban J connectivity index is 2.60. The number of ether oxygens (including phenoxy) is 2. The van der Waals surface area contributed by atoms with Crippen molar-refractivity contribution in [1.82, 2.24) is 4.90 Å². The fraction of sp³-hybridized carbons (Fsp3) is 0.500. The van der Waals surface area contributed by atoms with Crippen LogP contribution < -0.4 is 4.74 Å². The predicted molar refractivity (Wildman–Crippen MR) is 76.1 cm³/mol. The van der Waals surface area contributed by atoms with E-state index in [2.05, 4.69) is 0 Å². The minimum atomic E-state index is -0.0708. The van der Waals surface area contributed by atoms with Crippen molar-refractivity contribution in [2.45, 2.75) is 6.92 Å². The average Bonchev–Trinajstić information content (AvgIpc) is 2.43. The topological polar surface area (TPSA) is 38.8 Å². The highest BCUT2D eigenvalue weighted by atomic mass is 35.5.